The monoisotopic (exact) mass is 314 g/mol. The Balaban J connectivity index is 2.01. The molecule has 20 heavy (non-hydrogen) atoms. The van der Waals surface area contributed by atoms with Crippen LogP contribution in [0, 0.1) is 0 Å². The van der Waals surface area contributed by atoms with Crippen molar-refractivity contribution in [3.8, 4) is 0 Å². The van der Waals surface area contributed by atoms with Crippen molar-refractivity contribution in [1.82, 2.24) is 9.88 Å². The topological polar surface area (TPSA) is 42.4 Å². The van der Waals surface area contributed by atoms with Crippen molar-refractivity contribution >= 4 is 29.0 Å². The Morgan fingerprint density at radius 3 is 3.20 bits per heavy atom. The first-order chi connectivity index (χ1) is 9.74. The fraction of sp³-hybridized carbons (Fsp3) is 0.714. The second-order valence-electron chi connectivity index (χ2n) is 4.88. The van der Waals surface area contributed by atoms with Gasteiger partial charge in [-0.1, -0.05) is 13.3 Å². The standard InChI is InChI=1S/C14H22N2O2S2/c1-3-19-11-6-4-5-7-16(8-11)14(17)12-10-20-13(15-12)9-18-2/h10-11H,3-9H2,1-2H3. The molecule has 0 saturated carbocycles. The van der Waals surface area contributed by atoms with Crippen LogP contribution in [0.2, 0.25) is 0 Å². The van der Waals surface area contributed by atoms with Crippen LogP contribution < -0.4 is 0 Å². The summed E-state index contributed by atoms with van der Waals surface area (Å²) in [7, 11) is 1.64. The largest absolute Gasteiger partial charge is 0.378 e. The molecule has 1 unspecified atom stereocenters. The lowest BCUT2D eigenvalue weighted by Crippen LogP contribution is -2.35. The molecule has 0 bridgehead atoms. The number of rotatable bonds is 5. The molecule has 6 heteroatoms. The van der Waals surface area contributed by atoms with Gasteiger partial charge >= 0.3 is 0 Å². The van der Waals surface area contributed by atoms with Crippen molar-refractivity contribution in [2.45, 2.75) is 38.0 Å². The molecule has 1 aromatic heterocycles. The van der Waals surface area contributed by atoms with Gasteiger partial charge in [0.25, 0.3) is 5.91 Å². The van der Waals surface area contributed by atoms with Crippen molar-refractivity contribution in [1.29, 1.82) is 0 Å². The summed E-state index contributed by atoms with van der Waals surface area (Å²) < 4.78 is 5.06. The van der Waals surface area contributed by atoms with Gasteiger partial charge in [0.1, 0.15) is 10.7 Å². The quantitative estimate of drug-likeness (QED) is 0.838. The average Bonchev–Trinajstić information content (AvgIpc) is 2.77. The summed E-state index contributed by atoms with van der Waals surface area (Å²) in [6, 6.07) is 0. The molecule has 1 amide bonds. The molecule has 4 nitrogen and oxygen atoms in total. The van der Waals surface area contributed by atoms with Gasteiger partial charge in [0.2, 0.25) is 0 Å². The summed E-state index contributed by atoms with van der Waals surface area (Å²) in [6.45, 7) is 4.37. The average molecular weight is 314 g/mol. The van der Waals surface area contributed by atoms with Crippen LogP contribution in [0.1, 0.15) is 41.7 Å². The van der Waals surface area contributed by atoms with Gasteiger partial charge in [0, 0.05) is 30.8 Å². The smallest absolute Gasteiger partial charge is 0.273 e. The summed E-state index contributed by atoms with van der Waals surface area (Å²) >= 11 is 3.46. The van der Waals surface area contributed by atoms with E-state index >= 15 is 0 Å². The molecular weight excluding hydrogens is 292 g/mol. The Bertz CT molecular complexity index is 437. The van der Waals surface area contributed by atoms with E-state index in [1.807, 2.05) is 22.0 Å². The molecule has 0 radical (unpaired) electrons. The molecule has 1 atom stereocenters. The molecule has 1 aliphatic heterocycles. The van der Waals surface area contributed by atoms with Gasteiger partial charge in [-0.3, -0.25) is 4.79 Å². The Kier molecular flexibility index (Phi) is 6.32. The molecule has 0 aromatic carbocycles. The maximum Gasteiger partial charge on any atom is 0.273 e. The zero-order chi connectivity index (χ0) is 14.4. The van der Waals surface area contributed by atoms with E-state index in [0.29, 0.717) is 17.6 Å². The fourth-order valence-corrected chi connectivity index (χ4v) is 4.25. The summed E-state index contributed by atoms with van der Waals surface area (Å²) in [5.41, 5.74) is 0.573. The minimum atomic E-state index is 0.0761. The molecule has 0 aliphatic carbocycles. The van der Waals surface area contributed by atoms with Crippen molar-refractivity contribution in [2.75, 3.05) is 26.0 Å². The van der Waals surface area contributed by atoms with E-state index in [1.165, 1.54) is 24.2 Å². The van der Waals surface area contributed by atoms with Crippen LogP contribution in [0.15, 0.2) is 5.38 Å². The van der Waals surface area contributed by atoms with E-state index in [1.54, 1.807) is 7.11 Å². The SMILES string of the molecule is CCSC1CCCCN(C(=O)c2csc(COC)n2)C1. The number of amides is 1. The Morgan fingerprint density at radius 2 is 2.45 bits per heavy atom. The van der Waals surface area contributed by atoms with Crippen LogP contribution in [-0.4, -0.2) is 47.0 Å². The number of likely N-dealkylation sites (tertiary alicyclic amines) is 1. The molecule has 1 fully saturated rings. The number of carbonyl (C=O) groups excluding carboxylic acids is 1. The first kappa shape index (κ1) is 15.8. The van der Waals surface area contributed by atoms with E-state index in [-0.39, 0.29) is 5.91 Å². The van der Waals surface area contributed by atoms with Crippen molar-refractivity contribution in [3.05, 3.63) is 16.1 Å². The Morgan fingerprint density at radius 1 is 1.60 bits per heavy atom. The second-order valence-corrected chi connectivity index (χ2v) is 7.40. The van der Waals surface area contributed by atoms with Crippen LogP contribution in [-0.2, 0) is 11.3 Å². The third kappa shape index (κ3) is 4.20. The van der Waals surface area contributed by atoms with Crippen molar-refractivity contribution < 1.29 is 9.53 Å². The lowest BCUT2D eigenvalue weighted by Gasteiger charge is -2.23. The van der Waals surface area contributed by atoms with Gasteiger partial charge < -0.3 is 9.64 Å². The van der Waals surface area contributed by atoms with E-state index in [9.17, 15) is 4.79 Å². The number of methoxy groups -OCH3 is 1. The van der Waals surface area contributed by atoms with Crippen molar-refractivity contribution in [2.24, 2.45) is 0 Å². The van der Waals surface area contributed by atoms with Gasteiger partial charge in [0.05, 0.1) is 6.61 Å². The number of thioether (sulfide) groups is 1. The van der Waals surface area contributed by atoms with E-state index in [4.69, 9.17) is 4.74 Å². The normalized spacial score (nSPS) is 19.9. The highest BCUT2D eigenvalue weighted by Crippen LogP contribution is 2.23. The molecule has 2 rings (SSSR count). The minimum absolute atomic E-state index is 0.0761. The number of ether oxygens (including phenoxy) is 1. The van der Waals surface area contributed by atoms with Gasteiger partial charge in [-0.15, -0.1) is 11.3 Å². The summed E-state index contributed by atoms with van der Waals surface area (Å²) in [5, 5.41) is 3.29. The molecule has 0 spiro atoms. The first-order valence-electron chi connectivity index (χ1n) is 7.08. The molecule has 0 N–H and O–H groups in total. The van der Waals surface area contributed by atoms with Crippen molar-refractivity contribution in [3.63, 3.8) is 0 Å². The predicted molar refractivity (Wildman–Crippen MR) is 84.5 cm³/mol. The Hall–Kier alpha value is -0.590. The number of hydrogen-bond donors (Lipinski definition) is 0. The van der Waals surface area contributed by atoms with Gasteiger partial charge in [0.15, 0.2) is 0 Å². The third-order valence-corrected chi connectivity index (χ3v) is 5.37. The number of thiazole rings is 1. The molecule has 1 saturated heterocycles. The van der Waals surface area contributed by atoms with Crippen LogP contribution in [0.5, 0.6) is 0 Å². The van der Waals surface area contributed by atoms with Crippen LogP contribution >= 0.6 is 23.1 Å². The molecule has 112 valence electrons. The van der Waals surface area contributed by atoms with Gasteiger partial charge in [-0.25, -0.2) is 4.98 Å². The predicted octanol–water partition coefficient (Wildman–Crippen LogP) is 3.04. The van der Waals surface area contributed by atoms with Gasteiger partial charge in [-0.05, 0) is 18.6 Å². The van der Waals surface area contributed by atoms with Crippen LogP contribution in [0.25, 0.3) is 0 Å². The highest BCUT2D eigenvalue weighted by molar-refractivity contribution is 7.99. The molecule has 2 heterocycles. The highest BCUT2D eigenvalue weighted by Gasteiger charge is 2.24. The Labute approximate surface area is 128 Å². The number of aromatic nitrogens is 1. The van der Waals surface area contributed by atoms with E-state index in [2.05, 4.69) is 11.9 Å². The molecule has 1 aromatic rings. The zero-order valence-corrected chi connectivity index (χ0v) is 13.8. The first-order valence-corrected chi connectivity index (χ1v) is 9.01. The van der Waals surface area contributed by atoms with Crippen LogP contribution in [0.3, 0.4) is 0 Å². The minimum Gasteiger partial charge on any atom is -0.378 e. The number of hydrogen-bond acceptors (Lipinski definition) is 5. The number of nitrogens with zero attached hydrogens (tertiary/aromatic N) is 2. The number of carbonyl (C=O) groups is 1. The maximum atomic E-state index is 12.5. The van der Waals surface area contributed by atoms with Gasteiger partial charge in [-0.2, -0.15) is 11.8 Å². The van der Waals surface area contributed by atoms with E-state index < -0.39 is 0 Å². The highest BCUT2D eigenvalue weighted by atomic mass is 32.2. The zero-order valence-electron chi connectivity index (χ0n) is 12.1. The summed E-state index contributed by atoms with van der Waals surface area (Å²) in [4.78, 5) is 18.9. The maximum absolute atomic E-state index is 12.5. The third-order valence-electron chi connectivity index (χ3n) is 3.36. The van der Waals surface area contributed by atoms with E-state index in [0.717, 1.165) is 30.3 Å². The lowest BCUT2D eigenvalue weighted by atomic mass is 10.2. The lowest BCUT2D eigenvalue weighted by molar-refractivity contribution is 0.0757. The fourth-order valence-electron chi connectivity index (χ4n) is 2.42. The summed E-state index contributed by atoms with van der Waals surface area (Å²) in [6.07, 6.45) is 3.53. The van der Waals surface area contributed by atoms with Crippen LogP contribution in [0.4, 0.5) is 0 Å². The second kappa shape index (κ2) is 8.00. The molecule has 1 aliphatic rings. The molecular formula is C14H22N2O2S2. The summed E-state index contributed by atoms with van der Waals surface area (Å²) in [5.74, 6) is 1.19.